The third-order valence-corrected chi connectivity index (χ3v) is 4.70. The molecule has 1 atom stereocenters. The van der Waals surface area contributed by atoms with Gasteiger partial charge in [-0.3, -0.25) is 9.59 Å². The summed E-state index contributed by atoms with van der Waals surface area (Å²) in [6.45, 7) is 1.53. The van der Waals surface area contributed by atoms with E-state index < -0.39 is 12.0 Å². The summed E-state index contributed by atoms with van der Waals surface area (Å²) in [5.74, 6) is -0.0280. The molecule has 1 aromatic rings. The average Bonchev–Trinajstić information content (AvgIpc) is 2.56. The van der Waals surface area contributed by atoms with Crippen LogP contribution in [0.4, 0.5) is 5.82 Å². The van der Waals surface area contributed by atoms with Gasteiger partial charge in [0.15, 0.2) is 11.9 Å². The number of hydrogen-bond donors (Lipinski definition) is 1. The van der Waals surface area contributed by atoms with Gasteiger partial charge in [0.05, 0.1) is 10.0 Å². The zero-order valence-electron chi connectivity index (χ0n) is 13.7. The van der Waals surface area contributed by atoms with Crippen molar-refractivity contribution in [3.8, 4) is 0 Å². The monoisotopic (exact) mass is 372 g/mol. The number of pyridine rings is 1. The highest BCUT2D eigenvalue weighted by Gasteiger charge is 2.21. The van der Waals surface area contributed by atoms with Crippen LogP contribution in [0.2, 0.25) is 10.0 Å². The molecule has 2 rings (SSSR count). The lowest BCUT2D eigenvalue weighted by Gasteiger charge is -2.21. The van der Waals surface area contributed by atoms with Gasteiger partial charge in [-0.15, -0.1) is 0 Å². The lowest BCUT2D eigenvalue weighted by atomic mass is 9.86. The van der Waals surface area contributed by atoms with Crippen LogP contribution in [-0.2, 0) is 14.3 Å². The van der Waals surface area contributed by atoms with E-state index in [9.17, 15) is 9.59 Å². The molecule has 1 amide bonds. The first-order chi connectivity index (χ1) is 11.5. The van der Waals surface area contributed by atoms with Crippen LogP contribution in [0.1, 0.15) is 51.9 Å². The van der Waals surface area contributed by atoms with Gasteiger partial charge in [0.1, 0.15) is 0 Å². The van der Waals surface area contributed by atoms with Crippen LogP contribution < -0.4 is 5.32 Å². The van der Waals surface area contributed by atoms with Gasteiger partial charge in [-0.25, -0.2) is 4.98 Å². The van der Waals surface area contributed by atoms with Crippen molar-refractivity contribution in [3.63, 3.8) is 0 Å². The van der Waals surface area contributed by atoms with E-state index in [1.165, 1.54) is 51.3 Å². The van der Waals surface area contributed by atoms with Crippen LogP contribution >= 0.6 is 23.2 Å². The molecule has 24 heavy (non-hydrogen) atoms. The molecule has 5 nitrogen and oxygen atoms in total. The first-order valence-electron chi connectivity index (χ1n) is 8.27. The van der Waals surface area contributed by atoms with Crippen molar-refractivity contribution in [2.24, 2.45) is 5.92 Å². The van der Waals surface area contributed by atoms with Crippen molar-refractivity contribution in [3.05, 3.63) is 22.3 Å². The second-order valence-corrected chi connectivity index (χ2v) is 6.99. The summed E-state index contributed by atoms with van der Waals surface area (Å²) < 4.78 is 5.19. The summed E-state index contributed by atoms with van der Waals surface area (Å²) >= 11 is 11.7. The molecule has 132 valence electrons. The third-order valence-electron chi connectivity index (χ3n) is 4.21. The number of hydrogen-bond acceptors (Lipinski definition) is 4. The maximum atomic E-state index is 12.1. The number of aromatic nitrogens is 1. The van der Waals surface area contributed by atoms with Gasteiger partial charge >= 0.3 is 5.97 Å². The highest BCUT2D eigenvalue weighted by Crippen LogP contribution is 2.27. The van der Waals surface area contributed by atoms with Crippen molar-refractivity contribution in [2.45, 2.75) is 58.0 Å². The molecule has 0 spiro atoms. The lowest BCUT2D eigenvalue weighted by Crippen LogP contribution is -2.30. The Hall–Kier alpha value is -1.33. The molecule has 1 aromatic heterocycles. The normalized spacial score (nSPS) is 16.5. The molecular weight excluding hydrogens is 351 g/mol. The number of anilines is 1. The first kappa shape index (κ1) is 19.0. The number of rotatable bonds is 6. The molecule has 0 saturated heterocycles. The van der Waals surface area contributed by atoms with Crippen LogP contribution in [0.15, 0.2) is 12.3 Å². The van der Waals surface area contributed by atoms with E-state index in [0.717, 1.165) is 6.42 Å². The SMILES string of the molecule is CC(OC(=O)CCC1CCCCC1)C(=O)Nc1ncc(Cl)cc1Cl. The van der Waals surface area contributed by atoms with Gasteiger partial charge in [-0.1, -0.05) is 55.3 Å². The Kier molecular flexibility index (Phi) is 7.31. The maximum Gasteiger partial charge on any atom is 0.306 e. The Labute approximate surface area is 152 Å². The minimum absolute atomic E-state index is 0.191. The molecular formula is C17H22Cl2N2O3. The number of carbonyl (C=O) groups excluding carboxylic acids is 2. The largest absolute Gasteiger partial charge is 0.453 e. The van der Waals surface area contributed by atoms with E-state index in [2.05, 4.69) is 10.3 Å². The van der Waals surface area contributed by atoms with Crippen LogP contribution in [-0.4, -0.2) is 23.0 Å². The minimum Gasteiger partial charge on any atom is -0.453 e. The van der Waals surface area contributed by atoms with Gasteiger partial charge < -0.3 is 10.1 Å². The second-order valence-electron chi connectivity index (χ2n) is 6.15. The Balaban J connectivity index is 1.76. The molecule has 1 fully saturated rings. The lowest BCUT2D eigenvalue weighted by molar-refractivity contribution is -0.153. The van der Waals surface area contributed by atoms with Crippen LogP contribution in [0.25, 0.3) is 0 Å². The Morgan fingerprint density at radius 2 is 2.04 bits per heavy atom. The fraction of sp³-hybridized carbons (Fsp3) is 0.588. The number of halogens is 2. The summed E-state index contributed by atoms with van der Waals surface area (Å²) in [5.41, 5.74) is 0. The van der Waals surface area contributed by atoms with Crippen molar-refractivity contribution in [2.75, 3.05) is 5.32 Å². The van der Waals surface area contributed by atoms with Gasteiger partial charge in [0.25, 0.3) is 5.91 Å². The minimum atomic E-state index is -0.905. The Bertz CT molecular complexity index is 589. The zero-order chi connectivity index (χ0) is 17.5. The molecule has 0 bridgehead atoms. The van der Waals surface area contributed by atoms with Gasteiger partial charge in [0, 0.05) is 12.6 Å². The van der Waals surface area contributed by atoms with E-state index in [1.54, 1.807) is 0 Å². The molecule has 0 aliphatic heterocycles. The average molecular weight is 373 g/mol. The van der Waals surface area contributed by atoms with E-state index >= 15 is 0 Å². The van der Waals surface area contributed by atoms with E-state index in [0.29, 0.717) is 17.4 Å². The summed E-state index contributed by atoms with van der Waals surface area (Å²) in [6.07, 6.45) is 7.80. The van der Waals surface area contributed by atoms with Crippen molar-refractivity contribution >= 4 is 40.9 Å². The van der Waals surface area contributed by atoms with Gasteiger partial charge in [-0.05, 0) is 25.3 Å². The smallest absolute Gasteiger partial charge is 0.306 e. The molecule has 1 aliphatic carbocycles. The number of nitrogens with zero attached hydrogens (tertiary/aromatic N) is 1. The summed E-state index contributed by atoms with van der Waals surface area (Å²) in [5, 5.41) is 3.13. The fourth-order valence-electron chi connectivity index (χ4n) is 2.83. The molecule has 7 heteroatoms. The number of nitrogens with one attached hydrogen (secondary N) is 1. The molecule has 1 unspecified atom stereocenters. The van der Waals surface area contributed by atoms with E-state index in [1.807, 2.05) is 0 Å². The number of carbonyl (C=O) groups is 2. The van der Waals surface area contributed by atoms with Gasteiger partial charge in [0.2, 0.25) is 0 Å². The Morgan fingerprint density at radius 3 is 2.71 bits per heavy atom. The topological polar surface area (TPSA) is 68.3 Å². The number of amides is 1. The maximum absolute atomic E-state index is 12.1. The Morgan fingerprint density at radius 1 is 1.33 bits per heavy atom. The predicted octanol–water partition coefficient (Wildman–Crippen LogP) is 4.62. The first-order valence-corrected chi connectivity index (χ1v) is 9.02. The van der Waals surface area contributed by atoms with Crippen molar-refractivity contribution in [1.29, 1.82) is 0 Å². The molecule has 1 saturated carbocycles. The van der Waals surface area contributed by atoms with Crippen LogP contribution in [0.5, 0.6) is 0 Å². The van der Waals surface area contributed by atoms with E-state index in [4.69, 9.17) is 27.9 Å². The summed E-state index contributed by atoms with van der Waals surface area (Å²) in [6, 6.07) is 1.48. The molecule has 0 radical (unpaired) electrons. The quantitative estimate of drug-likeness (QED) is 0.739. The molecule has 1 heterocycles. The van der Waals surface area contributed by atoms with Gasteiger partial charge in [-0.2, -0.15) is 0 Å². The van der Waals surface area contributed by atoms with Crippen LogP contribution in [0, 0.1) is 5.92 Å². The highest BCUT2D eigenvalue weighted by atomic mass is 35.5. The highest BCUT2D eigenvalue weighted by molar-refractivity contribution is 6.36. The molecule has 1 aliphatic rings. The summed E-state index contributed by atoms with van der Waals surface area (Å²) in [4.78, 5) is 27.9. The van der Waals surface area contributed by atoms with Crippen LogP contribution in [0.3, 0.4) is 0 Å². The predicted molar refractivity (Wildman–Crippen MR) is 94.2 cm³/mol. The fourth-order valence-corrected chi connectivity index (χ4v) is 3.26. The standard InChI is InChI=1S/C17H22Cl2N2O3/c1-11(17(23)21-16-14(19)9-13(18)10-20-16)24-15(22)8-7-12-5-3-2-4-6-12/h9-12H,2-8H2,1H3,(H,20,21,23). The summed E-state index contributed by atoms with van der Waals surface area (Å²) in [7, 11) is 0. The van der Waals surface area contributed by atoms with E-state index in [-0.39, 0.29) is 16.8 Å². The number of ether oxygens (including phenoxy) is 1. The van der Waals surface area contributed by atoms with Crippen molar-refractivity contribution in [1.82, 2.24) is 4.98 Å². The van der Waals surface area contributed by atoms with Crippen molar-refractivity contribution < 1.29 is 14.3 Å². The molecule has 0 aromatic carbocycles. The zero-order valence-corrected chi connectivity index (χ0v) is 15.2. The second kappa shape index (κ2) is 9.23. The molecule has 1 N–H and O–H groups in total. The number of esters is 1. The third kappa shape index (κ3) is 5.95.